The highest BCUT2D eigenvalue weighted by Gasteiger charge is 2.20. The fraction of sp³-hybridized carbons (Fsp3) is 0.350. The third-order valence-corrected chi connectivity index (χ3v) is 4.62. The molecule has 0 aromatic heterocycles. The van der Waals surface area contributed by atoms with E-state index in [0.717, 1.165) is 11.1 Å². The van der Waals surface area contributed by atoms with Gasteiger partial charge in [-0.1, -0.05) is 23.7 Å². The van der Waals surface area contributed by atoms with Gasteiger partial charge in [-0.3, -0.25) is 4.79 Å². The Morgan fingerprint density at radius 2 is 1.69 bits per heavy atom. The molecule has 2 aromatic carbocycles. The van der Waals surface area contributed by atoms with Crippen molar-refractivity contribution in [3.8, 4) is 17.2 Å². The van der Waals surface area contributed by atoms with Crippen molar-refractivity contribution in [2.75, 3.05) is 28.4 Å². The van der Waals surface area contributed by atoms with Gasteiger partial charge in [0.25, 0.3) is 0 Å². The maximum absolute atomic E-state index is 12.7. The monoisotopic (exact) mass is 377 g/mol. The molecule has 26 heavy (non-hydrogen) atoms. The molecule has 0 aliphatic carbocycles. The number of carbonyl (C=O) groups is 1. The second-order valence-corrected chi connectivity index (χ2v) is 6.38. The molecule has 0 fully saturated rings. The number of hydrogen-bond donors (Lipinski definition) is 0. The second kappa shape index (κ2) is 8.81. The van der Waals surface area contributed by atoms with Crippen molar-refractivity contribution in [1.29, 1.82) is 0 Å². The van der Waals surface area contributed by atoms with Gasteiger partial charge in [-0.05, 0) is 42.3 Å². The lowest BCUT2D eigenvalue weighted by molar-refractivity contribution is -0.131. The fourth-order valence-electron chi connectivity index (χ4n) is 2.74. The third-order valence-electron chi connectivity index (χ3n) is 4.39. The van der Waals surface area contributed by atoms with E-state index < -0.39 is 0 Å². The van der Waals surface area contributed by atoms with E-state index in [9.17, 15) is 4.79 Å². The lowest BCUT2D eigenvalue weighted by Crippen LogP contribution is -2.31. The summed E-state index contributed by atoms with van der Waals surface area (Å²) in [5.74, 6) is 1.54. The number of rotatable bonds is 7. The molecule has 140 valence electrons. The highest BCUT2D eigenvalue weighted by atomic mass is 35.5. The average molecular weight is 378 g/mol. The molecule has 0 heterocycles. The predicted molar refractivity (Wildman–Crippen MR) is 102 cm³/mol. The number of halogens is 1. The highest BCUT2D eigenvalue weighted by molar-refractivity contribution is 6.30. The summed E-state index contributed by atoms with van der Waals surface area (Å²) >= 11 is 6.06. The van der Waals surface area contributed by atoms with Gasteiger partial charge in [-0.2, -0.15) is 0 Å². The molecular weight excluding hydrogens is 354 g/mol. The number of methoxy groups -OCH3 is 3. The van der Waals surface area contributed by atoms with Crippen LogP contribution in [0.15, 0.2) is 36.4 Å². The van der Waals surface area contributed by atoms with Gasteiger partial charge in [-0.15, -0.1) is 0 Å². The van der Waals surface area contributed by atoms with Gasteiger partial charge in [0.2, 0.25) is 11.7 Å². The third kappa shape index (κ3) is 4.41. The number of likely N-dealkylation sites (N-methyl/N-ethyl adjacent to an activating group) is 1. The number of carbonyl (C=O) groups excluding carboxylic acids is 1. The van der Waals surface area contributed by atoms with Crippen molar-refractivity contribution in [3.05, 3.63) is 52.5 Å². The molecule has 0 N–H and O–H groups in total. The molecule has 2 rings (SSSR count). The largest absolute Gasteiger partial charge is 0.493 e. The van der Waals surface area contributed by atoms with E-state index >= 15 is 0 Å². The van der Waals surface area contributed by atoms with Crippen LogP contribution in [0.3, 0.4) is 0 Å². The minimum atomic E-state index is -0.0942. The quantitative estimate of drug-likeness (QED) is 0.728. The maximum atomic E-state index is 12.7. The van der Waals surface area contributed by atoms with Gasteiger partial charge >= 0.3 is 0 Å². The Labute approximate surface area is 159 Å². The summed E-state index contributed by atoms with van der Waals surface area (Å²) in [5, 5.41) is 0.653. The van der Waals surface area contributed by atoms with Crippen LogP contribution in [0, 0.1) is 0 Å². The van der Waals surface area contributed by atoms with Crippen LogP contribution in [0.25, 0.3) is 0 Å². The van der Waals surface area contributed by atoms with Gasteiger partial charge in [0, 0.05) is 12.1 Å². The van der Waals surface area contributed by atoms with Crippen LogP contribution >= 0.6 is 11.6 Å². The normalized spacial score (nSPS) is 11.6. The van der Waals surface area contributed by atoms with Gasteiger partial charge < -0.3 is 19.1 Å². The molecule has 0 aliphatic rings. The van der Waals surface area contributed by atoms with Gasteiger partial charge in [0.15, 0.2) is 11.5 Å². The molecule has 1 amide bonds. The van der Waals surface area contributed by atoms with Crippen LogP contribution in [0.2, 0.25) is 5.02 Å². The molecular formula is C20H24ClNO4. The maximum Gasteiger partial charge on any atom is 0.227 e. The molecule has 0 spiro atoms. The van der Waals surface area contributed by atoms with E-state index in [1.807, 2.05) is 31.2 Å². The molecule has 0 bridgehead atoms. The standard InChI is InChI=1S/C20H24ClNO4/c1-13(15-7-6-8-16(21)12-15)22(2)19(23)11-14-9-17(24-3)20(26-5)18(10-14)25-4/h6-10,12-13H,11H2,1-5H3. The Morgan fingerprint density at radius 1 is 1.08 bits per heavy atom. The number of nitrogens with zero attached hydrogens (tertiary/aromatic N) is 1. The summed E-state index contributed by atoms with van der Waals surface area (Å²) < 4.78 is 16.0. The van der Waals surface area contributed by atoms with Crippen molar-refractivity contribution in [2.24, 2.45) is 0 Å². The van der Waals surface area contributed by atoms with Crippen LogP contribution in [-0.4, -0.2) is 39.2 Å². The average Bonchev–Trinajstić information content (AvgIpc) is 2.65. The van der Waals surface area contributed by atoms with Crippen molar-refractivity contribution in [3.63, 3.8) is 0 Å². The van der Waals surface area contributed by atoms with Crippen molar-refractivity contribution in [1.82, 2.24) is 4.90 Å². The van der Waals surface area contributed by atoms with Gasteiger partial charge in [-0.25, -0.2) is 0 Å². The highest BCUT2D eigenvalue weighted by Crippen LogP contribution is 2.38. The van der Waals surface area contributed by atoms with Gasteiger partial charge in [0.1, 0.15) is 0 Å². The lowest BCUT2D eigenvalue weighted by atomic mass is 10.1. The number of ether oxygens (including phenoxy) is 3. The minimum absolute atomic E-state index is 0.0215. The predicted octanol–water partition coefficient (Wildman–Crippen LogP) is 4.13. The zero-order chi connectivity index (χ0) is 19.3. The molecule has 1 atom stereocenters. The summed E-state index contributed by atoms with van der Waals surface area (Å²) in [4.78, 5) is 14.4. The molecule has 2 aromatic rings. The van der Waals surface area contributed by atoms with E-state index in [1.165, 1.54) is 0 Å². The summed E-state index contributed by atoms with van der Waals surface area (Å²) in [6.07, 6.45) is 0.220. The first-order chi connectivity index (χ1) is 12.4. The zero-order valence-electron chi connectivity index (χ0n) is 15.7. The molecule has 0 radical (unpaired) electrons. The fourth-order valence-corrected chi connectivity index (χ4v) is 2.94. The molecule has 1 unspecified atom stereocenters. The first kappa shape index (κ1) is 19.9. The second-order valence-electron chi connectivity index (χ2n) is 5.95. The van der Waals surface area contributed by atoms with Crippen LogP contribution < -0.4 is 14.2 Å². The van der Waals surface area contributed by atoms with Gasteiger partial charge in [0.05, 0.1) is 33.8 Å². The van der Waals surface area contributed by atoms with E-state index in [2.05, 4.69) is 0 Å². The summed E-state index contributed by atoms with van der Waals surface area (Å²) in [7, 11) is 6.43. The van der Waals surface area contributed by atoms with Crippen molar-refractivity contribution >= 4 is 17.5 Å². The molecule has 0 saturated heterocycles. The van der Waals surface area contributed by atoms with E-state index in [0.29, 0.717) is 22.3 Å². The molecule has 5 nitrogen and oxygen atoms in total. The Bertz CT molecular complexity index is 753. The smallest absolute Gasteiger partial charge is 0.227 e. The van der Waals surface area contributed by atoms with Crippen LogP contribution in [0.4, 0.5) is 0 Å². The number of hydrogen-bond acceptors (Lipinski definition) is 4. The zero-order valence-corrected chi connectivity index (χ0v) is 16.5. The van der Waals surface area contributed by atoms with Crippen LogP contribution in [-0.2, 0) is 11.2 Å². The minimum Gasteiger partial charge on any atom is -0.493 e. The molecule has 6 heteroatoms. The number of amides is 1. The Hall–Kier alpha value is -2.40. The SMILES string of the molecule is COc1cc(CC(=O)N(C)C(C)c2cccc(Cl)c2)cc(OC)c1OC. The van der Waals surface area contributed by atoms with Crippen molar-refractivity contribution in [2.45, 2.75) is 19.4 Å². The van der Waals surface area contributed by atoms with E-state index in [1.54, 1.807) is 45.4 Å². The Morgan fingerprint density at radius 3 is 2.19 bits per heavy atom. The molecule has 0 saturated carbocycles. The first-order valence-electron chi connectivity index (χ1n) is 8.21. The first-order valence-corrected chi connectivity index (χ1v) is 8.59. The Kier molecular flexibility index (Phi) is 6.75. The summed E-state index contributed by atoms with van der Waals surface area (Å²) in [5.41, 5.74) is 1.77. The lowest BCUT2D eigenvalue weighted by Gasteiger charge is -2.26. The van der Waals surface area contributed by atoms with Crippen LogP contribution in [0.5, 0.6) is 17.2 Å². The topological polar surface area (TPSA) is 48.0 Å². The summed E-state index contributed by atoms with van der Waals surface area (Å²) in [6.45, 7) is 1.97. The van der Waals surface area contributed by atoms with Crippen molar-refractivity contribution < 1.29 is 19.0 Å². The summed E-state index contributed by atoms with van der Waals surface area (Å²) in [6, 6.07) is 11.0. The van der Waals surface area contributed by atoms with E-state index in [-0.39, 0.29) is 18.4 Å². The Balaban J connectivity index is 2.20. The van der Waals surface area contributed by atoms with E-state index in [4.69, 9.17) is 25.8 Å². The number of benzene rings is 2. The molecule has 0 aliphatic heterocycles. The van der Waals surface area contributed by atoms with Crippen LogP contribution in [0.1, 0.15) is 24.1 Å².